The molecule has 1 aliphatic rings. The van der Waals surface area contributed by atoms with Crippen LogP contribution < -0.4 is 4.74 Å². The molecule has 128 valence electrons. The number of aliphatic carboxylic acids is 1. The Morgan fingerprint density at radius 1 is 1.43 bits per heavy atom. The Bertz CT molecular complexity index is 687. The lowest BCUT2D eigenvalue weighted by molar-refractivity contribution is -0.139. The van der Waals surface area contributed by atoms with E-state index in [1.807, 2.05) is 0 Å². The number of benzene rings is 1. The zero-order valence-electron chi connectivity index (χ0n) is 12.7. The van der Waals surface area contributed by atoms with Crippen molar-refractivity contribution in [1.29, 1.82) is 0 Å². The Kier molecular flexibility index (Phi) is 5.51. The van der Waals surface area contributed by atoms with Crippen molar-refractivity contribution in [2.45, 2.75) is 29.9 Å². The molecule has 1 saturated carbocycles. The Morgan fingerprint density at radius 2 is 2.09 bits per heavy atom. The molecule has 1 aromatic rings. The van der Waals surface area contributed by atoms with E-state index < -0.39 is 22.6 Å². The topological polar surface area (TPSA) is 93.1 Å². The number of methoxy groups -OCH3 is 1. The number of sulfonamides is 1. The van der Waals surface area contributed by atoms with E-state index in [1.165, 1.54) is 29.6 Å². The molecule has 2 rings (SSSR count). The molecule has 1 N–H and O–H groups in total. The molecule has 7 nitrogen and oxygen atoms in total. The first-order chi connectivity index (χ1) is 10.8. The van der Waals surface area contributed by atoms with Crippen LogP contribution in [0.15, 0.2) is 23.1 Å². The molecule has 0 bridgehead atoms. The van der Waals surface area contributed by atoms with Crippen LogP contribution in [0.1, 0.15) is 12.8 Å². The van der Waals surface area contributed by atoms with Gasteiger partial charge in [0.1, 0.15) is 5.75 Å². The zero-order valence-corrected chi connectivity index (χ0v) is 14.3. The van der Waals surface area contributed by atoms with Crippen LogP contribution in [0.4, 0.5) is 0 Å². The maximum Gasteiger partial charge on any atom is 0.341 e. The Hall–Kier alpha value is -1.35. The average molecular weight is 364 g/mol. The van der Waals surface area contributed by atoms with Crippen molar-refractivity contribution in [3.05, 3.63) is 23.2 Å². The zero-order chi connectivity index (χ0) is 17.2. The largest absolute Gasteiger partial charge is 0.480 e. The number of carboxylic acid groups (broad SMARTS) is 1. The molecule has 1 aromatic carbocycles. The summed E-state index contributed by atoms with van der Waals surface area (Å²) in [5, 5.41) is 8.62. The highest BCUT2D eigenvalue weighted by atomic mass is 35.5. The number of halogens is 1. The van der Waals surface area contributed by atoms with E-state index >= 15 is 0 Å². The second-order valence-electron chi connectivity index (χ2n) is 5.28. The fourth-order valence-electron chi connectivity index (χ4n) is 2.29. The van der Waals surface area contributed by atoms with Crippen molar-refractivity contribution < 1.29 is 27.8 Å². The lowest BCUT2D eigenvalue weighted by atomic mass is 9.89. The van der Waals surface area contributed by atoms with Crippen molar-refractivity contribution in [3.63, 3.8) is 0 Å². The Morgan fingerprint density at radius 3 is 2.61 bits per heavy atom. The van der Waals surface area contributed by atoms with E-state index in [9.17, 15) is 13.2 Å². The van der Waals surface area contributed by atoms with Crippen molar-refractivity contribution in [2.24, 2.45) is 0 Å². The lowest BCUT2D eigenvalue weighted by Crippen LogP contribution is -2.48. The molecule has 0 heterocycles. The molecule has 0 amide bonds. The number of hydrogen-bond donors (Lipinski definition) is 1. The molecular weight excluding hydrogens is 346 g/mol. The minimum atomic E-state index is -3.68. The van der Waals surface area contributed by atoms with Crippen LogP contribution in [-0.4, -0.2) is 56.7 Å². The van der Waals surface area contributed by atoms with Gasteiger partial charge in [0.2, 0.25) is 10.0 Å². The van der Waals surface area contributed by atoms with Gasteiger partial charge in [0.25, 0.3) is 0 Å². The molecule has 0 radical (unpaired) electrons. The molecule has 9 heteroatoms. The number of ether oxygens (including phenoxy) is 2. The second kappa shape index (κ2) is 7.04. The fraction of sp³-hybridized carbons (Fsp3) is 0.500. The third-order valence-corrected chi connectivity index (χ3v) is 6.05. The van der Waals surface area contributed by atoms with Crippen LogP contribution in [0, 0.1) is 0 Å². The summed E-state index contributed by atoms with van der Waals surface area (Å²) in [6.07, 6.45) is 1.40. The maximum absolute atomic E-state index is 12.6. The second-order valence-corrected chi connectivity index (χ2v) is 7.68. The summed E-state index contributed by atoms with van der Waals surface area (Å²) >= 11 is 5.98. The van der Waals surface area contributed by atoms with Crippen LogP contribution in [-0.2, 0) is 19.6 Å². The van der Waals surface area contributed by atoms with Gasteiger partial charge in [0.15, 0.2) is 6.61 Å². The normalized spacial score (nSPS) is 21.0. The van der Waals surface area contributed by atoms with Gasteiger partial charge in [-0.2, -0.15) is 4.31 Å². The third-order valence-electron chi connectivity index (χ3n) is 3.85. The highest BCUT2D eigenvalue weighted by molar-refractivity contribution is 7.89. The van der Waals surface area contributed by atoms with Crippen LogP contribution in [0.5, 0.6) is 5.75 Å². The first kappa shape index (κ1) is 18.0. The van der Waals surface area contributed by atoms with Crippen molar-refractivity contribution in [3.8, 4) is 5.75 Å². The number of nitrogens with zero attached hydrogens (tertiary/aromatic N) is 1. The Labute approximate surface area is 139 Å². The smallest absolute Gasteiger partial charge is 0.341 e. The monoisotopic (exact) mass is 363 g/mol. The molecular formula is C14H18ClNO6S. The molecule has 0 atom stereocenters. The number of carboxylic acids is 1. The minimum absolute atomic E-state index is 0.0357. The summed E-state index contributed by atoms with van der Waals surface area (Å²) in [6.45, 7) is -0.549. The van der Waals surface area contributed by atoms with Crippen molar-refractivity contribution in [1.82, 2.24) is 4.31 Å². The van der Waals surface area contributed by atoms with Crippen LogP contribution in [0.3, 0.4) is 0 Å². The van der Waals surface area contributed by atoms with E-state index in [0.717, 1.165) is 0 Å². The summed E-state index contributed by atoms with van der Waals surface area (Å²) < 4.78 is 36.6. The highest BCUT2D eigenvalue weighted by Crippen LogP contribution is 2.33. The van der Waals surface area contributed by atoms with Gasteiger partial charge >= 0.3 is 5.97 Å². The van der Waals surface area contributed by atoms with Gasteiger partial charge in [-0.25, -0.2) is 13.2 Å². The molecule has 0 unspecified atom stereocenters. The van der Waals surface area contributed by atoms with Crippen LogP contribution in [0.2, 0.25) is 5.02 Å². The standard InChI is InChI=1S/C14H18ClNO6S/c1-16(9-5-10(6-9)21-2)23(19,20)11-3-4-13(12(15)7-11)22-8-14(17)18/h3-4,7,9-10H,5-6,8H2,1-2H3,(H,17,18). The summed E-state index contributed by atoms with van der Waals surface area (Å²) in [6, 6.07) is 3.86. The van der Waals surface area contributed by atoms with Gasteiger partial charge < -0.3 is 14.6 Å². The van der Waals surface area contributed by atoms with Crippen LogP contribution >= 0.6 is 11.6 Å². The summed E-state index contributed by atoms with van der Waals surface area (Å²) in [4.78, 5) is 10.5. The van der Waals surface area contributed by atoms with E-state index in [4.69, 9.17) is 26.2 Å². The quantitative estimate of drug-likeness (QED) is 0.791. The molecule has 1 fully saturated rings. The van der Waals surface area contributed by atoms with E-state index in [2.05, 4.69) is 0 Å². The molecule has 1 aliphatic carbocycles. The predicted octanol–water partition coefficient (Wildman–Crippen LogP) is 1.60. The van der Waals surface area contributed by atoms with Gasteiger partial charge in [0.05, 0.1) is 16.0 Å². The first-order valence-corrected chi connectivity index (χ1v) is 8.72. The lowest BCUT2D eigenvalue weighted by Gasteiger charge is -2.39. The van der Waals surface area contributed by atoms with Gasteiger partial charge in [0, 0.05) is 20.2 Å². The van der Waals surface area contributed by atoms with Crippen molar-refractivity contribution >= 4 is 27.6 Å². The maximum atomic E-state index is 12.6. The van der Waals surface area contributed by atoms with Crippen molar-refractivity contribution in [2.75, 3.05) is 20.8 Å². The molecule has 0 saturated heterocycles. The van der Waals surface area contributed by atoms with Gasteiger partial charge in [-0.05, 0) is 31.0 Å². The van der Waals surface area contributed by atoms with Crippen LogP contribution in [0.25, 0.3) is 0 Å². The number of rotatable bonds is 7. The molecule has 0 aromatic heterocycles. The summed E-state index contributed by atoms with van der Waals surface area (Å²) in [5.74, 6) is -1.02. The number of carbonyl (C=O) groups is 1. The summed E-state index contributed by atoms with van der Waals surface area (Å²) in [5.41, 5.74) is 0. The highest BCUT2D eigenvalue weighted by Gasteiger charge is 2.38. The fourth-order valence-corrected chi connectivity index (χ4v) is 3.99. The minimum Gasteiger partial charge on any atom is -0.480 e. The van der Waals surface area contributed by atoms with E-state index in [0.29, 0.717) is 12.8 Å². The Balaban J connectivity index is 2.13. The molecule has 0 spiro atoms. The SMILES string of the molecule is COC1CC(N(C)S(=O)(=O)c2ccc(OCC(=O)O)c(Cl)c2)C1. The first-order valence-electron chi connectivity index (χ1n) is 6.90. The number of hydrogen-bond acceptors (Lipinski definition) is 5. The predicted molar refractivity (Wildman–Crippen MR) is 83.4 cm³/mol. The van der Waals surface area contributed by atoms with Gasteiger partial charge in [-0.3, -0.25) is 0 Å². The van der Waals surface area contributed by atoms with Gasteiger partial charge in [-0.1, -0.05) is 11.6 Å². The summed E-state index contributed by atoms with van der Waals surface area (Å²) in [7, 11) is -0.555. The van der Waals surface area contributed by atoms with E-state index in [-0.39, 0.29) is 27.8 Å². The van der Waals surface area contributed by atoms with E-state index in [1.54, 1.807) is 7.11 Å². The van der Waals surface area contributed by atoms with Gasteiger partial charge in [-0.15, -0.1) is 0 Å². The molecule has 0 aliphatic heterocycles. The molecule has 23 heavy (non-hydrogen) atoms. The average Bonchev–Trinajstić information content (AvgIpc) is 2.44. The third kappa shape index (κ3) is 3.95.